The Balaban J connectivity index is 1.97. The Morgan fingerprint density at radius 2 is 1.96 bits per heavy atom. The summed E-state index contributed by atoms with van der Waals surface area (Å²) in [7, 11) is -3.60. The van der Waals surface area contributed by atoms with Gasteiger partial charge in [0, 0.05) is 22.6 Å². The van der Waals surface area contributed by atoms with Gasteiger partial charge in [0.1, 0.15) is 6.04 Å². The third-order valence-electron chi connectivity index (χ3n) is 7.18. The lowest BCUT2D eigenvalue weighted by atomic mass is 9.69. The second kappa shape index (κ2) is 6.99. The van der Waals surface area contributed by atoms with E-state index < -0.39 is 16.1 Å². The molecular formula is C18H30N2O3S3. The molecule has 1 aliphatic heterocycles. The summed E-state index contributed by atoms with van der Waals surface area (Å²) < 4.78 is 27.3. The largest absolute Gasteiger partial charge is 0.279 e. The minimum Gasteiger partial charge on any atom is -0.279 e. The molecule has 8 heteroatoms. The van der Waals surface area contributed by atoms with Crippen molar-refractivity contribution in [3.63, 3.8) is 0 Å². The number of aliphatic imine (C=N–C) groups is 1. The van der Waals surface area contributed by atoms with E-state index >= 15 is 0 Å². The molecule has 2 bridgehead atoms. The average Bonchev–Trinajstić information content (AvgIpc) is 3.05. The number of thiol groups is 2. The molecule has 2 unspecified atom stereocenters. The summed E-state index contributed by atoms with van der Waals surface area (Å²) in [5, 5.41) is 0. The molecular weight excluding hydrogens is 388 g/mol. The molecule has 3 aliphatic rings. The van der Waals surface area contributed by atoms with Crippen LogP contribution in [0.2, 0.25) is 0 Å². The van der Waals surface area contributed by atoms with E-state index in [-0.39, 0.29) is 28.5 Å². The first-order chi connectivity index (χ1) is 12.1. The standard InChI is InChI=1S/C18H30N2O3S3/c1-4-5-14(19-13(9-24)10-25)16(21)20-15-8-12-6-7-18(15,17(12,2)3)11-26(20,22)23/h12,14-15,24-25H,4-11H2,1-3H3/t12?,14-,15?,18+/m0/s1. The van der Waals surface area contributed by atoms with Crippen LogP contribution in [0.1, 0.15) is 52.9 Å². The van der Waals surface area contributed by atoms with E-state index in [0.717, 1.165) is 31.4 Å². The van der Waals surface area contributed by atoms with Gasteiger partial charge in [-0.1, -0.05) is 27.2 Å². The van der Waals surface area contributed by atoms with Crippen LogP contribution in [0.4, 0.5) is 0 Å². The molecule has 1 saturated heterocycles. The molecule has 5 nitrogen and oxygen atoms in total. The van der Waals surface area contributed by atoms with Gasteiger partial charge < -0.3 is 0 Å². The molecule has 0 aromatic heterocycles. The molecule has 1 spiro atoms. The van der Waals surface area contributed by atoms with Crippen LogP contribution >= 0.6 is 25.3 Å². The van der Waals surface area contributed by atoms with E-state index in [1.54, 1.807) is 0 Å². The van der Waals surface area contributed by atoms with Crippen molar-refractivity contribution in [2.45, 2.75) is 65.0 Å². The summed E-state index contributed by atoms with van der Waals surface area (Å²) in [5.74, 6) is 1.10. The molecule has 26 heavy (non-hydrogen) atoms. The van der Waals surface area contributed by atoms with Crippen molar-refractivity contribution in [1.82, 2.24) is 4.31 Å². The van der Waals surface area contributed by atoms with Crippen molar-refractivity contribution in [1.29, 1.82) is 0 Å². The first-order valence-electron chi connectivity index (χ1n) is 9.48. The predicted octanol–water partition coefficient (Wildman–Crippen LogP) is 2.82. The number of nitrogens with zero attached hydrogens (tertiary/aromatic N) is 2. The van der Waals surface area contributed by atoms with Gasteiger partial charge in [0.15, 0.2) is 0 Å². The van der Waals surface area contributed by atoms with Gasteiger partial charge in [-0.2, -0.15) is 25.3 Å². The van der Waals surface area contributed by atoms with Crippen molar-refractivity contribution < 1.29 is 13.2 Å². The Labute approximate surface area is 168 Å². The SMILES string of the molecule is CCC[C@H](N=C(CS)CS)C(=O)N1C2CC3CC[C@]2(CS1(=O)=O)C3(C)C. The summed E-state index contributed by atoms with van der Waals surface area (Å²) >= 11 is 8.49. The van der Waals surface area contributed by atoms with Gasteiger partial charge in [0.05, 0.1) is 11.8 Å². The second-order valence-corrected chi connectivity index (χ2v) is 11.0. The van der Waals surface area contributed by atoms with E-state index in [0.29, 0.717) is 23.8 Å². The predicted molar refractivity (Wildman–Crippen MR) is 112 cm³/mol. The summed E-state index contributed by atoms with van der Waals surface area (Å²) in [6.45, 7) is 6.36. The lowest BCUT2D eigenvalue weighted by Crippen LogP contribution is -2.47. The summed E-state index contributed by atoms with van der Waals surface area (Å²) in [6, 6.07) is -0.847. The van der Waals surface area contributed by atoms with Crippen LogP contribution in [-0.4, -0.2) is 53.7 Å². The number of carbonyl (C=O) groups is 1. The normalized spacial score (nSPS) is 34.6. The van der Waals surface area contributed by atoms with Crippen LogP contribution in [0, 0.1) is 16.7 Å². The van der Waals surface area contributed by atoms with Gasteiger partial charge >= 0.3 is 0 Å². The smallest absolute Gasteiger partial charge is 0.261 e. The third kappa shape index (κ3) is 2.85. The van der Waals surface area contributed by atoms with Gasteiger partial charge in [-0.3, -0.25) is 9.79 Å². The number of rotatable bonds is 6. The van der Waals surface area contributed by atoms with Gasteiger partial charge in [-0.05, 0) is 37.0 Å². The van der Waals surface area contributed by atoms with Gasteiger partial charge in [-0.25, -0.2) is 12.7 Å². The quantitative estimate of drug-likeness (QED) is 0.515. The fourth-order valence-corrected chi connectivity index (χ4v) is 8.73. The number of carbonyl (C=O) groups excluding carboxylic acids is 1. The molecule has 3 rings (SSSR count). The molecule has 3 fully saturated rings. The van der Waals surface area contributed by atoms with Crippen molar-refractivity contribution in [3.05, 3.63) is 0 Å². The Kier molecular flexibility index (Phi) is 5.52. The lowest BCUT2D eigenvalue weighted by molar-refractivity contribution is -0.130. The molecule has 0 aromatic carbocycles. The molecule has 1 amide bonds. The monoisotopic (exact) mass is 418 g/mol. The van der Waals surface area contributed by atoms with Gasteiger partial charge in [0.25, 0.3) is 5.91 Å². The molecule has 4 atom stereocenters. The fraction of sp³-hybridized carbons (Fsp3) is 0.889. The zero-order valence-electron chi connectivity index (χ0n) is 15.8. The minimum atomic E-state index is -3.60. The highest BCUT2D eigenvalue weighted by Gasteiger charge is 2.72. The third-order valence-corrected chi connectivity index (χ3v) is 9.82. The Morgan fingerprint density at radius 1 is 1.31 bits per heavy atom. The number of sulfonamides is 1. The maximum Gasteiger partial charge on any atom is 0.261 e. The van der Waals surface area contributed by atoms with E-state index in [4.69, 9.17) is 0 Å². The maximum absolute atomic E-state index is 13.3. The zero-order valence-corrected chi connectivity index (χ0v) is 18.4. The molecule has 148 valence electrons. The summed E-state index contributed by atoms with van der Waals surface area (Å²) in [4.78, 5) is 17.9. The molecule has 2 saturated carbocycles. The lowest BCUT2D eigenvalue weighted by Gasteiger charge is -2.37. The van der Waals surface area contributed by atoms with Crippen LogP contribution in [0.5, 0.6) is 0 Å². The highest BCUT2D eigenvalue weighted by molar-refractivity contribution is 7.90. The maximum atomic E-state index is 13.3. The van der Waals surface area contributed by atoms with Gasteiger partial charge in [0.2, 0.25) is 10.0 Å². The van der Waals surface area contributed by atoms with Crippen molar-refractivity contribution in [2.24, 2.45) is 21.7 Å². The fourth-order valence-electron chi connectivity index (χ4n) is 5.59. The first-order valence-corrected chi connectivity index (χ1v) is 12.3. The van der Waals surface area contributed by atoms with Crippen molar-refractivity contribution in [2.75, 3.05) is 17.3 Å². The average molecular weight is 419 g/mol. The molecule has 0 radical (unpaired) electrons. The first kappa shape index (κ1) is 20.5. The number of hydrogen-bond acceptors (Lipinski definition) is 6. The van der Waals surface area contributed by atoms with Crippen LogP contribution in [0.15, 0.2) is 4.99 Å². The minimum absolute atomic E-state index is 0.0371. The second-order valence-electron chi connectivity index (χ2n) is 8.57. The van der Waals surface area contributed by atoms with Crippen LogP contribution < -0.4 is 0 Å². The molecule has 0 N–H and O–H groups in total. The molecule has 2 aliphatic carbocycles. The zero-order chi connectivity index (χ0) is 19.3. The highest BCUT2D eigenvalue weighted by atomic mass is 32.2. The van der Waals surface area contributed by atoms with E-state index in [2.05, 4.69) is 44.1 Å². The van der Waals surface area contributed by atoms with Crippen LogP contribution in [-0.2, 0) is 14.8 Å². The highest BCUT2D eigenvalue weighted by Crippen LogP contribution is 2.70. The topological polar surface area (TPSA) is 66.8 Å². The molecule has 1 heterocycles. The summed E-state index contributed by atoms with van der Waals surface area (Å²) in [6.07, 6.45) is 4.08. The van der Waals surface area contributed by atoms with Crippen LogP contribution in [0.3, 0.4) is 0 Å². The Bertz CT molecular complexity index is 713. The van der Waals surface area contributed by atoms with Crippen molar-refractivity contribution in [3.8, 4) is 0 Å². The van der Waals surface area contributed by atoms with E-state index in [1.165, 1.54) is 4.31 Å². The number of fused-ring (bicyclic) bond motifs is 1. The van der Waals surface area contributed by atoms with E-state index in [9.17, 15) is 13.2 Å². The van der Waals surface area contributed by atoms with Crippen molar-refractivity contribution >= 4 is 46.9 Å². The van der Waals surface area contributed by atoms with E-state index in [1.807, 2.05) is 6.92 Å². The number of amides is 1. The molecule has 0 aromatic rings. The Hall–Kier alpha value is -0.210. The van der Waals surface area contributed by atoms with Crippen LogP contribution in [0.25, 0.3) is 0 Å². The number of hydrogen-bond donors (Lipinski definition) is 2. The summed E-state index contributed by atoms with van der Waals surface area (Å²) in [5.41, 5.74) is 0.399. The Morgan fingerprint density at radius 3 is 2.50 bits per heavy atom. The van der Waals surface area contributed by atoms with Gasteiger partial charge in [-0.15, -0.1) is 0 Å².